The number of aryl methyl sites for hydroxylation is 1. The fourth-order valence-corrected chi connectivity index (χ4v) is 7.44. The molecular weight excluding hydrogens is 528 g/mol. The number of carbonyl (C=O) groups is 1. The Hall–Kier alpha value is -3.98. The number of likely N-dealkylation sites (N-methyl/N-ethyl adjacent to an activating group) is 1. The summed E-state index contributed by atoms with van der Waals surface area (Å²) in [5.74, 6) is 1.91. The van der Waals surface area contributed by atoms with Gasteiger partial charge in [-0.15, -0.1) is 0 Å². The SMILES string of the molecule is C=CCOC(=O)Oc1c(C)c2c(c3c1CC1[C@H]4c5c(cc(C)c(OC)c5O)CC([C@H](C#N)N1[C@H]3CN)N4C)OCO2. The van der Waals surface area contributed by atoms with Crippen LogP contribution in [-0.2, 0) is 17.6 Å². The van der Waals surface area contributed by atoms with Gasteiger partial charge in [-0.25, -0.2) is 4.79 Å². The second-order valence-corrected chi connectivity index (χ2v) is 10.9. The highest BCUT2D eigenvalue weighted by Gasteiger charge is 2.56. The van der Waals surface area contributed by atoms with Gasteiger partial charge in [-0.05, 0) is 44.9 Å². The molecule has 216 valence electrons. The van der Waals surface area contributed by atoms with Gasteiger partial charge in [-0.2, -0.15) is 5.26 Å². The van der Waals surface area contributed by atoms with Gasteiger partial charge in [0.25, 0.3) is 0 Å². The maximum absolute atomic E-state index is 12.7. The number of nitrogens with zero attached hydrogens (tertiary/aromatic N) is 3. The van der Waals surface area contributed by atoms with Crippen molar-refractivity contribution in [1.82, 2.24) is 9.80 Å². The van der Waals surface area contributed by atoms with Gasteiger partial charge < -0.3 is 34.5 Å². The van der Waals surface area contributed by atoms with Crippen molar-refractivity contribution in [2.45, 2.75) is 56.9 Å². The first-order chi connectivity index (χ1) is 19.8. The molecule has 4 aliphatic heterocycles. The molecule has 0 aromatic heterocycles. The molecule has 1 fully saturated rings. The highest BCUT2D eigenvalue weighted by Crippen LogP contribution is 2.58. The summed E-state index contributed by atoms with van der Waals surface area (Å²) in [7, 11) is 3.54. The average Bonchev–Trinajstić information content (AvgIpc) is 3.44. The molecule has 5 atom stereocenters. The summed E-state index contributed by atoms with van der Waals surface area (Å²) in [5, 5.41) is 22.1. The number of hydrogen-bond donors (Lipinski definition) is 2. The minimum absolute atomic E-state index is 0.00185. The Morgan fingerprint density at radius 3 is 2.68 bits per heavy atom. The molecule has 3 N–H and O–H groups in total. The van der Waals surface area contributed by atoms with Crippen molar-refractivity contribution < 1.29 is 33.6 Å². The molecule has 4 aliphatic rings. The summed E-state index contributed by atoms with van der Waals surface area (Å²) < 4.78 is 28.4. The predicted molar refractivity (Wildman–Crippen MR) is 147 cm³/mol. The first-order valence-electron chi connectivity index (χ1n) is 13.7. The number of rotatable bonds is 5. The Kier molecular flexibility index (Phi) is 6.72. The zero-order chi connectivity index (χ0) is 29.2. The first kappa shape index (κ1) is 27.2. The van der Waals surface area contributed by atoms with Crippen molar-refractivity contribution in [3.05, 3.63) is 52.1 Å². The molecule has 0 aliphatic carbocycles. The summed E-state index contributed by atoms with van der Waals surface area (Å²) in [4.78, 5) is 17.0. The maximum Gasteiger partial charge on any atom is 0.514 e. The fourth-order valence-electron chi connectivity index (χ4n) is 7.44. The largest absolute Gasteiger partial charge is 0.514 e. The number of benzene rings is 2. The average molecular weight is 563 g/mol. The van der Waals surface area contributed by atoms with Gasteiger partial charge in [0.2, 0.25) is 6.79 Å². The monoisotopic (exact) mass is 562 g/mol. The number of ether oxygens (including phenoxy) is 5. The molecule has 4 heterocycles. The Bertz CT molecular complexity index is 1480. The van der Waals surface area contributed by atoms with E-state index >= 15 is 0 Å². The highest BCUT2D eigenvalue weighted by atomic mass is 16.7. The van der Waals surface area contributed by atoms with Crippen LogP contribution in [0, 0.1) is 25.2 Å². The van der Waals surface area contributed by atoms with Crippen LogP contribution in [-0.4, -0.2) is 73.3 Å². The van der Waals surface area contributed by atoms with E-state index in [0.29, 0.717) is 41.4 Å². The van der Waals surface area contributed by atoms with Crippen LogP contribution < -0.4 is 24.7 Å². The zero-order valence-electron chi connectivity index (χ0n) is 23.6. The van der Waals surface area contributed by atoms with E-state index in [1.54, 1.807) is 7.11 Å². The molecule has 0 saturated carbocycles. The van der Waals surface area contributed by atoms with Gasteiger partial charge in [-0.1, -0.05) is 18.7 Å². The zero-order valence-corrected chi connectivity index (χ0v) is 23.6. The fraction of sp³-hybridized carbons (Fsp3) is 0.467. The third kappa shape index (κ3) is 3.85. The van der Waals surface area contributed by atoms with Crippen LogP contribution in [0.5, 0.6) is 28.7 Å². The predicted octanol–water partition coefficient (Wildman–Crippen LogP) is 3.18. The second kappa shape index (κ2) is 10.1. The second-order valence-electron chi connectivity index (χ2n) is 10.9. The van der Waals surface area contributed by atoms with Crippen molar-refractivity contribution in [3.63, 3.8) is 0 Å². The molecule has 0 amide bonds. The number of nitriles is 1. The molecule has 6 rings (SSSR count). The number of methoxy groups -OCH3 is 1. The molecule has 11 nitrogen and oxygen atoms in total. The normalized spacial score (nSPS) is 25.8. The van der Waals surface area contributed by atoms with Crippen LogP contribution >= 0.6 is 0 Å². The summed E-state index contributed by atoms with van der Waals surface area (Å²) in [5.41, 5.74) is 11.2. The molecule has 2 unspecified atom stereocenters. The number of fused-ring (bicyclic) bond motifs is 9. The van der Waals surface area contributed by atoms with Crippen LogP contribution in [0.3, 0.4) is 0 Å². The first-order valence-corrected chi connectivity index (χ1v) is 13.7. The van der Waals surface area contributed by atoms with Gasteiger partial charge in [0.1, 0.15) is 18.4 Å². The lowest BCUT2D eigenvalue weighted by atomic mass is 9.71. The van der Waals surface area contributed by atoms with Crippen LogP contribution in [0.15, 0.2) is 18.7 Å². The van der Waals surface area contributed by atoms with Gasteiger partial charge in [-0.3, -0.25) is 9.80 Å². The molecule has 41 heavy (non-hydrogen) atoms. The number of phenolic OH excluding ortho intramolecular Hbond substituents is 1. The van der Waals surface area contributed by atoms with Crippen molar-refractivity contribution >= 4 is 6.16 Å². The quantitative estimate of drug-likeness (QED) is 0.315. The van der Waals surface area contributed by atoms with E-state index < -0.39 is 18.2 Å². The van der Waals surface area contributed by atoms with E-state index in [2.05, 4.69) is 28.5 Å². The lowest BCUT2D eigenvalue weighted by molar-refractivity contribution is -0.0710. The smallest absolute Gasteiger partial charge is 0.504 e. The standard InChI is InChI=1S/C30H34N4O7/c1-6-7-38-30(36)41-27-15(3)28-29(40-13-39-28)23-17(27)10-19-24-22-16(8-14(2)26(37-5)25(22)35)9-18(33(24)4)20(11-31)34(19)21(23)12-32/h6,8,18-21,24,35H,1,7,9-10,12-13,32H2,2-5H3/t18?,19?,20-,21-,24-/m0/s1. The molecule has 2 aromatic rings. The van der Waals surface area contributed by atoms with Gasteiger partial charge in [0, 0.05) is 40.9 Å². The van der Waals surface area contributed by atoms with E-state index in [4.69, 9.17) is 29.4 Å². The summed E-state index contributed by atoms with van der Waals surface area (Å²) in [6.45, 7) is 7.50. The molecule has 2 bridgehead atoms. The molecule has 11 heteroatoms. The third-order valence-corrected chi connectivity index (χ3v) is 8.99. The molecule has 2 aromatic carbocycles. The van der Waals surface area contributed by atoms with Crippen LogP contribution in [0.4, 0.5) is 4.79 Å². The maximum atomic E-state index is 12.7. The van der Waals surface area contributed by atoms with Gasteiger partial charge in [0.05, 0.1) is 25.3 Å². The Morgan fingerprint density at radius 1 is 1.24 bits per heavy atom. The number of nitrogens with two attached hydrogens (primary N) is 1. The topological polar surface area (TPSA) is 140 Å². The molecule has 0 spiro atoms. The third-order valence-electron chi connectivity index (χ3n) is 8.99. The number of aromatic hydroxyl groups is 1. The van der Waals surface area contributed by atoms with E-state index in [0.717, 1.165) is 27.8 Å². The minimum Gasteiger partial charge on any atom is -0.504 e. The van der Waals surface area contributed by atoms with E-state index in [1.165, 1.54) is 6.08 Å². The highest BCUT2D eigenvalue weighted by molar-refractivity contribution is 5.72. The summed E-state index contributed by atoms with van der Waals surface area (Å²) in [6.07, 6.45) is 1.58. The van der Waals surface area contributed by atoms with Gasteiger partial charge in [0.15, 0.2) is 23.0 Å². The molecule has 1 saturated heterocycles. The van der Waals surface area contributed by atoms with E-state index in [-0.39, 0.29) is 43.8 Å². The number of piperazine rings is 1. The minimum atomic E-state index is -0.864. The van der Waals surface area contributed by atoms with E-state index in [1.807, 2.05) is 20.9 Å². The van der Waals surface area contributed by atoms with Crippen molar-refractivity contribution in [3.8, 4) is 34.8 Å². The van der Waals surface area contributed by atoms with Crippen LogP contribution in [0.1, 0.15) is 45.5 Å². The number of phenols is 1. The van der Waals surface area contributed by atoms with Gasteiger partial charge >= 0.3 is 6.16 Å². The Balaban J connectivity index is 1.57. The molecular formula is C30H34N4O7. The van der Waals surface area contributed by atoms with Crippen molar-refractivity contribution in [2.75, 3.05) is 34.1 Å². The van der Waals surface area contributed by atoms with Crippen LogP contribution in [0.2, 0.25) is 0 Å². The molecule has 0 radical (unpaired) electrons. The Morgan fingerprint density at radius 2 is 2.00 bits per heavy atom. The van der Waals surface area contributed by atoms with Crippen LogP contribution in [0.25, 0.3) is 0 Å². The lowest BCUT2D eigenvalue weighted by Gasteiger charge is -2.59. The number of carbonyl (C=O) groups excluding carboxylic acids is 1. The summed E-state index contributed by atoms with van der Waals surface area (Å²) >= 11 is 0. The number of hydrogen-bond acceptors (Lipinski definition) is 11. The van der Waals surface area contributed by atoms with Crippen molar-refractivity contribution in [1.29, 1.82) is 5.26 Å². The van der Waals surface area contributed by atoms with E-state index in [9.17, 15) is 15.2 Å². The lowest BCUT2D eigenvalue weighted by Crippen LogP contribution is -2.68. The summed E-state index contributed by atoms with van der Waals surface area (Å²) in [6, 6.07) is 2.95. The van der Waals surface area contributed by atoms with Crippen molar-refractivity contribution in [2.24, 2.45) is 5.73 Å². The Labute approximate surface area is 238 Å².